The summed E-state index contributed by atoms with van der Waals surface area (Å²) in [6.07, 6.45) is 0. The number of hydrogen-bond acceptors (Lipinski definition) is 0. The zero-order chi connectivity index (χ0) is 16.2. The van der Waals surface area contributed by atoms with Gasteiger partial charge < -0.3 is 0 Å². The molecule has 0 heteroatoms. The van der Waals surface area contributed by atoms with Crippen LogP contribution in [0.25, 0.3) is 0 Å². The SMILES string of the molecule is CC(C)C(C)C(C(C)C)C(C)C(C)C(C(C)C)C(C)C. The van der Waals surface area contributed by atoms with Crippen molar-refractivity contribution in [1.29, 1.82) is 0 Å². The van der Waals surface area contributed by atoms with Crippen LogP contribution >= 0.6 is 0 Å². The Morgan fingerprint density at radius 3 is 0.850 bits per heavy atom. The van der Waals surface area contributed by atoms with Gasteiger partial charge in [-0.1, -0.05) is 76.2 Å². The van der Waals surface area contributed by atoms with Gasteiger partial charge in [-0.2, -0.15) is 0 Å². The van der Waals surface area contributed by atoms with E-state index in [4.69, 9.17) is 0 Å². The molecule has 0 radical (unpaired) electrons. The van der Waals surface area contributed by atoms with Gasteiger partial charge in [0.05, 0.1) is 0 Å². The number of hydrogen-bond donors (Lipinski definition) is 0. The minimum Gasteiger partial charge on any atom is -0.0625 e. The van der Waals surface area contributed by atoms with Gasteiger partial charge in [-0.15, -0.1) is 0 Å². The molecule has 0 aliphatic rings. The van der Waals surface area contributed by atoms with Gasteiger partial charge in [0.1, 0.15) is 0 Å². The largest absolute Gasteiger partial charge is 0.0625 e. The van der Waals surface area contributed by atoms with Gasteiger partial charge in [-0.3, -0.25) is 0 Å². The van der Waals surface area contributed by atoms with Gasteiger partial charge in [0, 0.05) is 0 Å². The van der Waals surface area contributed by atoms with Crippen molar-refractivity contribution in [3.63, 3.8) is 0 Å². The first-order valence-electron chi connectivity index (χ1n) is 9.02. The lowest BCUT2D eigenvalue weighted by molar-refractivity contribution is 0.0578. The Morgan fingerprint density at radius 1 is 0.300 bits per heavy atom. The van der Waals surface area contributed by atoms with Crippen LogP contribution < -0.4 is 0 Å². The summed E-state index contributed by atoms with van der Waals surface area (Å²) < 4.78 is 0. The summed E-state index contributed by atoms with van der Waals surface area (Å²) in [5, 5.41) is 0. The zero-order valence-electron chi connectivity index (χ0n) is 16.2. The normalized spacial score (nSPS) is 19.2. The van der Waals surface area contributed by atoms with Crippen molar-refractivity contribution in [2.75, 3.05) is 0 Å². The monoisotopic (exact) mass is 282 g/mol. The van der Waals surface area contributed by atoms with Crippen LogP contribution in [0.3, 0.4) is 0 Å². The highest BCUT2D eigenvalue weighted by Gasteiger charge is 2.36. The Labute approximate surface area is 130 Å². The molecule has 0 spiro atoms. The molecule has 0 fully saturated rings. The molecule has 0 amide bonds. The van der Waals surface area contributed by atoms with Gasteiger partial charge in [-0.25, -0.2) is 0 Å². The highest BCUT2D eigenvalue weighted by atomic mass is 14.4. The second kappa shape index (κ2) is 8.44. The zero-order valence-corrected chi connectivity index (χ0v) is 16.2. The van der Waals surface area contributed by atoms with Crippen molar-refractivity contribution in [3.05, 3.63) is 0 Å². The van der Waals surface area contributed by atoms with Gasteiger partial charge in [0.15, 0.2) is 0 Å². The average molecular weight is 283 g/mol. The van der Waals surface area contributed by atoms with Crippen LogP contribution in [0.1, 0.15) is 76.2 Å². The number of rotatable bonds is 8. The molecule has 0 saturated heterocycles. The van der Waals surface area contributed by atoms with Crippen LogP contribution in [0.15, 0.2) is 0 Å². The van der Waals surface area contributed by atoms with Crippen molar-refractivity contribution in [1.82, 2.24) is 0 Å². The highest BCUT2D eigenvalue weighted by molar-refractivity contribution is 4.84. The first-order valence-corrected chi connectivity index (χ1v) is 9.02. The third-order valence-electron chi connectivity index (χ3n) is 6.01. The second-order valence-electron chi connectivity index (χ2n) is 8.71. The lowest BCUT2D eigenvalue weighted by atomic mass is 9.63. The molecule has 0 bridgehead atoms. The van der Waals surface area contributed by atoms with Gasteiger partial charge in [0.25, 0.3) is 0 Å². The maximum absolute atomic E-state index is 2.52. The summed E-state index contributed by atoms with van der Waals surface area (Å²) in [5.41, 5.74) is 0. The van der Waals surface area contributed by atoms with E-state index in [1.807, 2.05) is 0 Å². The van der Waals surface area contributed by atoms with Crippen molar-refractivity contribution >= 4 is 0 Å². The molecule has 0 aliphatic carbocycles. The van der Waals surface area contributed by atoms with E-state index in [2.05, 4.69) is 76.2 Å². The van der Waals surface area contributed by atoms with Gasteiger partial charge in [0.2, 0.25) is 0 Å². The van der Waals surface area contributed by atoms with Crippen LogP contribution in [-0.2, 0) is 0 Å². The minimum absolute atomic E-state index is 0.782. The lowest BCUT2D eigenvalue weighted by Gasteiger charge is -2.43. The molecule has 0 heterocycles. The molecule has 0 aliphatic heterocycles. The van der Waals surface area contributed by atoms with E-state index < -0.39 is 0 Å². The molecule has 0 saturated carbocycles. The van der Waals surface area contributed by atoms with Crippen LogP contribution in [-0.4, -0.2) is 0 Å². The maximum atomic E-state index is 2.52. The molecule has 20 heavy (non-hydrogen) atoms. The van der Waals surface area contributed by atoms with E-state index in [0.29, 0.717) is 0 Å². The summed E-state index contributed by atoms with van der Waals surface area (Å²) in [6, 6.07) is 0. The van der Waals surface area contributed by atoms with E-state index in [1.165, 1.54) is 0 Å². The van der Waals surface area contributed by atoms with Crippen molar-refractivity contribution in [2.45, 2.75) is 76.2 Å². The summed E-state index contributed by atoms with van der Waals surface area (Å²) >= 11 is 0. The standard InChI is InChI=1S/C20H42/c1-12(2)16(9)20(15(7)8)18(11)17(10)19(13(3)4)14(5)6/h12-20H,1-11H3. The predicted molar refractivity (Wildman–Crippen MR) is 93.8 cm³/mol. The molecule has 0 rings (SSSR count). The first-order chi connectivity index (χ1) is 9.02. The minimum atomic E-state index is 0.782. The summed E-state index contributed by atoms with van der Waals surface area (Å²) in [4.78, 5) is 0. The van der Waals surface area contributed by atoms with Crippen LogP contribution in [0.2, 0.25) is 0 Å². The second-order valence-corrected chi connectivity index (χ2v) is 8.71. The molecule has 0 aromatic rings. The Bertz CT molecular complexity index is 241. The van der Waals surface area contributed by atoms with Crippen LogP contribution in [0.4, 0.5) is 0 Å². The lowest BCUT2D eigenvalue weighted by Crippen LogP contribution is -2.37. The molecule has 0 N–H and O–H groups in total. The van der Waals surface area contributed by atoms with Crippen molar-refractivity contribution in [3.8, 4) is 0 Å². The van der Waals surface area contributed by atoms with E-state index >= 15 is 0 Å². The fourth-order valence-corrected chi connectivity index (χ4v) is 4.82. The van der Waals surface area contributed by atoms with Crippen LogP contribution in [0, 0.1) is 53.3 Å². The average Bonchev–Trinajstić information content (AvgIpc) is 2.26. The van der Waals surface area contributed by atoms with Crippen molar-refractivity contribution < 1.29 is 0 Å². The Balaban J connectivity index is 5.19. The third kappa shape index (κ3) is 5.08. The molecular formula is C20H42. The van der Waals surface area contributed by atoms with E-state index in [1.54, 1.807) is 0 Å². The first kappa shape index (κ1) is 20.0. The van der Waals surface area contributed by atoms with Gasteiger partial charge in [-0.05, 0) is 53.3 Å². The molecule has 4 atom stereocenters. The topological polar surface area (TPSA) is 0 Å². The highest BCUT2D eigenvalue weighted by Crippen LogP contribution is 2.42. The van der Waals surface area contributed by atoms with E-state index in [9.17, 15) is 0 Å². The van der Waals surface area contributed by atoms with Gasteiger partial charge >= 0.3 is 0 Å². The molecule has 0 aromatic heterocycles. The fourth-order valence-electron chi connectivity index (χ4n) is 4.82. The smallest absolute Gasteiger partial charge is 0.0334 e. The van der Waals surface area contributed by atoms with Crippen molar-refractivity contribution in [2.24, 2.45) is 53.3 Å². The molecule has 0 aromatic carbocycles. The fraction of sp³-hybridized carbons (Fsp3) is 1.00. The summed E-state index contributed by atoms with van der Waals surface area (Å²) in [5.74, 6) is 7.25. The Kier molecular flexibility index (Phi) is 8.44. The quantitative estimate of drug-likeness (QED) is 0.462. The molecule has 122 valence electrons. The Morgan fingerprint density at radius 2 is 0.600 bits per heavy atom. The molecular weight excluding hydrogens is 240 g/mol. The molecule has 4 unspecified atom stereocenters. The van der Waals surface area contributed by atoms with Crippen LogP contribution in [0.5, 0.6) is 0 Å². The maximum Gasteiger partial charge on any atom is -0.0334 e. The predicted octanol–water partition coefficient (Wildman–Crippen LogP) is 6.75. The molecule has 0 nitrogen and oxygen atoms in total. The Hall–Kier alpha value is 0. The third-order valence-corrected chi connectivity index (χ3v) is 6.01. The summed E-state index contributed by atoms with van der Waals surface area (Å²) in [7, 11) is 0. The van der Waals surface area contributed by atoms with E-state index in [0.717, 1.165) is 53.3 Å². The summed E-state index contributed by atoms with van der Waals surface area (Å²) in [6.45, 7) is 26.8. The van der Waals surface area contributed by atoms with E-state index in [-0.39, 0.29) is 0 Å².